The van der Waals surface area contributed by atoms with E-state index in [4.69, 9.17) is 14.2 Å². The molecule has 0 saturated carbocycles. The standard InChI is InChI=1S/C17H13NO3/c1-19-14-7-3-2-6-12(14)17-20-15-9-11-5-4-8-18-13(11)10-16(15)21-17/h2-10,17H,1H3. The van der Waals surface area contributed by atoms with Gasteiger partial charge in [-0.1, -0.05) is 18.2 Å². The fraction of sp³-hybridized carbons (Fsp3) is 0.118. The molecule has 1 unspecified atom stereocenters. The van der Waals surface area contributed by atoms with Gasteiger partial charge in [0, 0.05) is 17.6 Å². The maximum absolute atomic E-state index is 5.91. The monoisotopic (exact) mass is 279 g/mol. The molecule has 3 aromatic rings. The van der Waals surface area contributed by atoms with Crippen molar-refractivity contribution in [1.29, 1.82) is 0 Å². The molecule has 0 N–H and O–H groups in total. The third-order valence-electron chi connectivity index (χ3n) is 3.53. The van der Waals surface area contributed by atoms with Crippen LogP contribution in [0.5, 0.6) is 17.2 Å². The number of para-hydroxylation sites is 1. The summed E-state index contributed by atoms with van der Waals surface area (Å²) in [6, 6.07) is 15.4. The number of benzene rings is 2. The fourth-order valence-corrected chi connectivity index (χ4v) is 2.51. The van der Waals surface area contributed by atoms with Gasteiger partial charge in [-0.2, -0.15) is 0 Å². The lowest BCUT2D eigenvalue weighted by molar-refractivity contribution is 0.0465. The second-order valence-electron chi connectivity index (χ2n) is 4.80. The third kappa shape index (κ3) is 1.96. The zero-order chi connectivity index (χ0) is 14.2. The number of hydrogen-bond acceptors (Lipinski definition) is 4. The summed E-state index contributed by atoms with van der Waals surface area (Å²) in [5, 5.41) is 1.03. The topological polar surface area (TPSA) is 40.6 Å². The molecular weight excluding hydrogens is 266 g/mol. The van der Waals surface area contributed by atoms with E-state index >= 15 is 0 Å². The molecule has 0 bridgehead atoms. The molecule has 0 radical (unpaired) electrons. The van der Waals surface area contributed by atoms with Gasteiger partial charge in [-0.05, 0) is 24.3 Å². The summed E-state index contributed by atoms with van der Waals surface area (Å²) >= 11 is 0. The summed E-state index contributed by atoms with van der Waals surface area (Å²) in [5.74, 6) is 2.18. The second-order valence-corrected chi connectivity index (χ2v) is 4.80. The summed E-state index contributed by atoms with van der Waals surface area (Å²) in [7, 11) is 1.64. The van der Waals surface area contributed by atoms with Gasteiger partial charge < -0.3 is 14.2 Å². The number of fused-ring (bicyclic) bond motifs is 2. The van der Waals surface area contributed by atoms with Crippen molar-refractivity contribution in [2.45, 2.75) is 6.29 Å². The number of rotatable bonds is 2. The van der Waals surface area contributed by atoms with Crippen LogP contribution in [0.15, 0.2) is 54.7 Å². The van der Waals surface area contributed by atoms with Crippen LogP contribution in [0, 0.1) is 0 Å². The van der Waals surface area contributed by atoms with E-state index in [1.807, 2.05) is 48.5 Å². The molecule has 2 aromatic carbocycles. The van der Waals surface area contributed by atoms with Gasteiger partial charge in [-0.15, -0.1) is 0 Å². The van der Waals surface area contributed by atoms with Gasteiger partial charge in [0.15, 0.2) is 11.5 Å². The zero-order valence-electron chi connectivity index (χ0n) is 11.4. The molecule has 0 amide bonds. The summed E-state index contributed by atoms with van der Waals surface area (Å²) in [4.78, 5) is 4.33. The first kappa shape index (κ1) is 12.0. The molecule has 0 spiro atoms. The first-order valence-corrected chi connectivity index (χ1v) is 6.70. The van der Waals surface area contributed by atoms with Crippen molar-refractivity contribution in [3.8, 4) is 17.2 Å². The first-order chi connectivity index (χ1) is 10.3. The van der Waals surface area contributed by atoms with Crippen LogP contribution in [-0.2, 0) is 0 Å². The van der Waals surface area contributed by atoms with Gasteiger partial charge in [0.2, 0.25) is 0 Å². The number of ether oxygens (including phenoxy) is 3. The Kier molecular flexibility index (Phi) is 2.67. The molecule has 104 valence electrons. The molecule has 4 rings (SSSR count). The van der Waals surface area contributed by atoms with E-state index in [0.717, 1.165) is 28.0 Å². The summed E-state index contributed by atoms with van der Waals surface area (Å²) in [5.41, 5.74) is 1.76. The smallest absolute Gasteiger partial charge is 0.271 e. The van der Waals surface area contributed by atoms with Crippen LogP contribution in [0.3, 0.4) is 0 Å². The Bertz CT molecular complexity index is 771. The number of hydrogen-bond donors (Lipinski definition) is 0. The number of pyridine rings is 1. The Hall–Kier alpha value is -2.75. The van der Waals surface area contributed by atoms with Crippen LogP contribution in [0.1, 0.15) is 11.9 Å². The van der Waals surface area contributed by atoms with E-state index in [9.17, 15) is 0 Å². The summed E-state index contributed by atoms with van der Waals surface area (Å²) < 4.78 is 17.2. The minimum Gasteiger partial charge on any atom is -0.496 e. The van der Waals surface area contributed by atoms with Crippen molar-refractivity contribution in [1.82, 2.24) is 4.98 Å². The summed E-state index contributed by atoms with van der Waals surface area (Å²) in [6.45, 7) is 0. The quantitative estimate of drug-likeness (QED) is 0.717. The van der Waals surface area contributed by atoms with Crippen molar-refractivity contribution in [3.05, 3.63) is 60.3 Å². The Balaban J connectivity index is 1.75. The minimum absolute atomic E-state index is 0.493. The first-order valence-electron chi connectivity index (χ1n) is 6.70. The van der Waals surface area contributed by atoms with Gasteiger partial charge in [0.05, 0.1) is 18.2 Å². The van der Waals surface area contributed by atoms with Gasteiger partial charge in [0.1, 0.15) is 5.75 Å². The van der Waals surface area contributed by atoms with Crippen molar-refractivity contribution in [2.75, 3.05) is 7.11 Å². The maximum Gasteiger partial charge on any atom is 0.271 e. The molecule has 0 fully saturated rings. The van der Waals surface area contributed by atoms with Crippen molar-refractivity contribution >= 4 is 10.9 Å². The molecule has 4 heteroatoms. The predicted octanol–water partition coefficient (Wildman–Crippen LogP) is 3.71. The lowest BCUT2D eigenvalue weighted by Gasteiger charge is -2.13. The van der Waals surface area contributed by atoms with Crippen LogP contribution in [0.25, 0.3) is 10.9 Å². The van der Waals surface area contributed by atoms with Crippen LogP contribution in [0.2, 0.25) is 0 Å². The van der Waals surface area contributed by atoms with Crippen molar-refractivity contribution in [3.63, 3.8) is 0 Å². The normalized spacial score (nSPS) is 16.1. The Morgan fingerprint density at radius 3 is 2.67 bits per heavy atom. The summed E-state index contributed by atoms with van der Waals surface area (Å²) in [6.07, 6.45) is 1.27. The molecular formula is C17H13NO3. The number of nitrogens with zero attached hydrogens (tertiary/aromatic N) is 1. The van der Waals surface area contributed by atoms with Crippen LogP contribution >= 0.6 is 0 Å². The predicted molar refractivity (Wildman–Crippen MR) is 78.7 cm³/mol. The molecule has 0 aliphatic carbocycles. The average molecular weight is 279 g/mol. The molecule has 21 heavy (non-hydrogen) atoms. The Morgan fingerprint density at radius 1 is 1.00 bits per heavy atom. The highest BCUT2D eigenvalue weighted by Gasteiger charge is 2.28. The minimum atomic E-state index is -0.493. The highest BCUT2D eigenvalue weighted by atomic mass is 16.7. The van der Waals surface area contributed by atoms with Crippen LogP contribution in [0.4, 0.5) is 0 Å². The Labute approximate surface area is 121 Å². The van der Waals surface area contributed by atoms with E-state index in [1.54, 1.807) is 13.3 Å². The van der Waals surface area contributed by atoms with Gasteiger partial charge in [-0.3, -0.25) is 4.98 Å². The van der Waals surface area contributed by atoms with Gasteiger partial charge in [0.25, 0.3) is 6.29 Å². The fourth-order valence-electron chi connectivity index (χ4n) is 2.51. The molecule has 0 saturated heterocycles. The van der Waals surface area contributed by atoms with Crippen LogP contribution in [-0.4, -0.2) is 12.1 Å². The largest absolute Gasteiger partial charge is 0.496 e. The van der Waals surface area contributed by atoms with E-state index in [0.29, 0.717) is 5.75 Å². The molecule has 1 aromatic heterocycles. The average Bonchev–Trinajstić information content (AvgIpc) is 2.95. The van der Waals surface area contributed by atoms with E-state index < -0.39 is 6.29 Å². The van der Waals surface area contributed by atoms with Gasteiger partial charge in [-0.25, -0.2) is 0 Å². The molecule has 4 nitrogen and oxygen atoms in total. The van der Waals surface area contributed by atoms with Crippen molar-refractivity contribution < 1.29 is 14.2 Å². The second kappa shape index (κ2) is 4.66. The zero-order valence-corrected chi connectivity index (χ0v) is 11.4. The van der Waals surface area contributed by atoms with Crippen molar-refractivity contribution in [2.24, 2.45) is 0 Å². The molecule has 1 aliphatic rings. The maximum atomic E-state index is 5.91. The lowest BCUT2D eigenvalue weighted by atomic mass is 10.2. The van der Waals surface area contributed by atoms with E-state index in [2.05, 4.69) is 4.98 Å². The highest BCUT2D eigenvalue weighted by Crippen LogP contribution is 2.44. The van der Waals surface area contributed by atoms with Gasteiger partial charge >= 0.3 is 0 Å². The molecule has 1 atom stereocenters. The lowest BCUT2D eigenvalue weighted by Crippen LogP contribution is -2.09. The van der Waals surface area contributed by atoms with E-state index in [-0.39, 0.29) is 0 Å². The molecule has 1 aliphatic heterocycles. The highest BCUT2D eigenvalue weighted by molar-refractivity contribution is 5.82. The molecule has 2 heterocycles. The van der Waals surface area contributed by atoms with E-state index in [1.165, 1.54) is 0 Å². The number of methoxy groups -OCH3 is 1. The van der Waals surface area contributed by atoms with Crippen LogP contribution < -0.4 is 14.2 Å². The third-order valence-corrected chi connectivity index (χ3v) is 3.53. The SMILES string of the molecule is COc1ccccc1C1Oc2cc3cccnc3cc2O1. The number of aromatic nitrogens is 1. The Morgan fingerprint density at radius 2 is 1.81 bits per heavy atom.